The van der Waals surface area contributed by atoms with Gasteiger partial charge in [0, 0.05) is 5.41 Å². The molecule has 0 amide bonds. The van der Waals surface area contributed by atoms with Crippen LogP contribution in [0.15, 0.2) is 24.3 Å². The van der Waals surface area contributed by atoms with Crippen LogP contribution in [0, 0.1) is 0 Å². The van der Waals surface area contributed by atoms with Crippen LogP contribution in [0.5, 0.6) is 5.75 Å². The van der Waals surface area contributed by atoms with Crippen LogP contribution in [0.4, 0.5) is 0 Å². The van der Waals surface area contributed by atoms with Crippen molar-refractivity contribution in [2.24, 2.45) is 0 Å². The van der Waals surface area contributed by atoms with E-state index in [2.05, 4.69) is 6.92 Å². The van der Waals surface area contributed by atoms with E-state index in [4.69, 9.17) is 4.74 Å². The molecule has 0 aliphatic heterocycles. The minimum Gasteiger partial charge on any atom is -0.494 e. The molecule has 2 heteroatoms. The molecule has 0 heterocycles. The first kappa shape index (κ1) is 16.7. The number of unbranched alkanes of at least 4 members (excludes halogenated alkanes) is 4. The average Bonchev–Trinajstić information content (AvgIpc) is 2.43. The summed E-state index contributed by atoms with van der Waals surface area (Å²) in [6.45, 7) is 8.55. The highest BCUT2D eigenvalue weighted by Crippen LogP contribution is 2.26. The Bertz CT molecular complexity index is 404. The van der Waals surface area contributed by atoms with Gasteiger partial charge < -0.3 is 4.74 Å². The van der Waals surface area contributed by atoms with Gasteiger partial charge in [0.1, 0.15) is 11.5 Å². The molecular weight excluding hydrogens is 248 g/mol. The number of rotatable bonds is 9. The van der Waals surface area contributed by atoms with Gasteiger partial charge in [0.05, 0.1) is 6.61 Å². The first-order valence-electron chi connectivity index (χ1n) is 7.73. The van der Waals surface area contributed by atoms with Crippen LogP contribution in [0.25, 0.3) is 0 Å². The van der Waals surface area contributed by atoms with E-state index in [0.717, 1.165) is 24.3 Å². The molecule has 0 aromatic heterocycles. The first-order valence-corrected chi connectivity index (χ1v) is 7.73. The van der Waals surface area contributed by atoms with Crippen LogP contribution in [-0.4, -0.2) is 12.4 Å². The monoisotopic (exact) mass is 276 g/mol. The molecule has 0 saturated carbocycles. The third kappa shape index (κ3) is 4.99. The quantitative estimate of drug-likeness (QED) is 0.599. The van der Waals surface area contributed by atoms with E-state index < -0.39 is 5.41 Å². The molecule has 0 spiro atoms. The summed E-state index contributed by atoms with van der Waals surface area (Å²) in [7, 11) is 0. The summed E-state index contributed by atoms with van der Waals surface area (Å²) in [6, 6.07) is 7.92. The van der Waals surface area contributed by atoms with Crippen molar-refractivity contribution in [3.05, 3.63) is 29.8 Å². The van der Waals surface area contributed by atoms with E-state index in [0.29, 0.717) is 0 Å². The van der Waals surface area contributed by atoms with Crippen molar-refractivity contribution in [2.75, 3.05) is 6.61 Å². The Morgan fingerprint density at radius 3 is 2.20 bits per heavy atom. The molecule has 1 rings (SSSR count). The zero-order chi connectivity index (χ0) is 15.0. The normalized spacial score (nSPS) is 11.4. The van der Waals surface area contributed by atoms with Gasteiger partial charge in [-0.1, -0.05) is 44.7 Å². The highest BCUT2D eigenvalue weighted by Gasteiger charge is 2.25. The Labute approximate surface area is 123 Å². The Morgan fingerprint density at radius 1 is 1.05 bits per heavy atom. The number of Topliss-reactive ketones (excluding diaryl/α,β-unsaturated/α-hetero) is 1. The highest BCUT2D eigenvalue weighted by atomic mass is 16.5. The lowest BCUT2D eigenvalue weighted by molar-refractivity contribution is -0.121. The lowest BCUT2D eigenvalue weighted by atomic mass is 9.81. The Hall–Kier alpha value is -1.31. The van der Waals surface area contributed by atoms with Gasteiger partial charge in [0.25, 0.3) is 0 Å². The molecule has 20 heavy (non-hydrogen) atoms. The van der Waals surface area contributed by atoms with E-state index in [1.807, 2.05) is 38.1 Å². The van der Waals surface area contributed by atoms with E-state index in [1.165, 1.54) is 25.7 Å². The second-order valence-electron chi connectivity index (χ2n) is 5.97. The molecule has 112 valence electrons. The molecule has 0 saturated heterocycles. The van der Waals surface area contributed by atoms with E-state index >= 15 is 0 Å². The van der Waals surface area contributed by atoms with Gasteiger partial charge in [-0.15, -0.1) is 0 Å². The minimum absolute atomic E-state index is 0.182. The van der Waals surface area contributed by atoms with Gasteiger partial charge in [0.15, 0.2) is 0 Å². The van der Waals surface area contributed by atoms with Crippen molar-refractivity contribution < 1.29 is 9.53 Å². The van der Waals surface area contributed by atoms with E-state index in [9.17, 15) is 4.79 Å². The number of hydrogen-bond acceptors (Lipinski definition) is 2. The molecule has 1 aromatic rings. The maximum atomic E-state index is 11.6. The van der Waals surface area contributed by atoms with Crippen molar-refractivity contribution in [1.29, 1.82) is 0 Å². The van der Waals surface area contributed by atoms with Crippen molar-refractivity contribution in [1.82, 2.24) is 0 Å². The Morgan fingerprint density at radius 2 is 1.65 bits per heavy atom. The molecule has 1 aromatic carbocycles. The van der Waals surface area contributed by atoms with Gasteiger partial charge in [-0.3, -0.25) is 4.79 Å². The van der Waals surface area contributed by atoms with Crippen molar-refractivity contribution in [3.8, 4) is 5.75 Å². The second-order valence-corrected chi connectivity index (χ2v) is 5.97. The fraction of sp³-hybridized carbons (Fsp3) is 0.611. The van der Waals surface area contributed by atoms with Crippen molar-refractivity contribution in [2.45, 2.75) is 65.2 Å². The van der Waals surface area contributed by atoms with E-state index in [1.54, 1.807) is 6.92 Å². The molecule has 0 fully saturated rings. The van der Waals surface area contributed by atoms with E-state index in [-0.39, 0.29) is 5.78 Å². The lowest BCUT2D eigenvalue weighted by Gasteiger charge is -2.21. The third-order valence-electron chi connectivity index (χ3n) is 3.97. The summed E-state index contributed by atoms with van der Waals surface area (Å²) in [6.07, 6.45) is 6.23. The number of carbonyl (C=O) groups excluding carboxylic acids is 1. The number of ketones is 1. The summed E-state index contributed by atoms with van der Waals surface area (Å²) in [5.74, 6) is 1.07. The summed E-state index contributed by atoms with van der Waals surface area (Å²) < 4.78 is 5.73. The first-order chi connectivity index (χ1) is 9.48. The van der Waals surface area contributed by atoms with Crippen LogP contribution in [0.3, 0.4) is 0 Å². The van der Waals surface area contributed by atoms with Crippen LogP contribution in [0.2, 0.25) is 0 Å². The lowest BCUT2D eigenvalue weighted by Crippen LogP contribution is -2.26. The molecule has 0 unspecified atom stereocenters. The van der Waals surface area contributed by atoms with Crippen molar-refractivity contribution in [3.63, 3.8) is 0 Å². The van der Waals surface area contributed by atoms with Gasteiger partial charge in [-0.25, -0.2) is 0 Å². The maximum Gasteiger partial charge on any atom is 0.139 e. The molecule has 0 atom stereocenters. The Kier molecular flexibility index (Phi) is 6.77. The van der Waals surface area contributed by atoms with Gasteiger partial charge in [-0.2, -0.15) is 0 Å². The molecule has 0 N–H and O–H groups in total. The fourth-order valence-electron chi connectivity index (χ4n) is 2.07. The standard InChI is InChI=1S/C18H28O2/c1-5-6-7-8-9-14-20-17-12-10-16(11-13-17)18(3,4)15(2)19/h10-13H,5-9,14H2,1-4H3. The minimum atomic E-state index is -0.418. The fourth-order valence-corrected chi connectivity index (χ4v) is 2.07. The van der Waals surface area contributed by atoms with Gasteiger partial charge in [-0.05, 0) is 44.9 Å². The smallest absolute Gasteiger partial charge is 0.139 e. The summed E-state index contributed by atoms with van der Waals surface area (Å²) in [5, 5.41) is 0. The molecular formula is C18H28O2. The average molecular weight is 276 g/mol. The number of carbonyl (C=O) groups is 1. The number of hydrogen-bond donors (Lipinski definition) is 0. The van der Waals surface area contributed by atoms with Crippen LogP contribution < -0.4 is 4.74 Å². The molecule has 0 aliphatic rings. The SMILES string of the molecule is CCCCCCCOc1ccc(C(C)(C)C(C)=O)cc1. The summed E-state index contributed by atoms with van der Waals surface area (Å²) in [4.78, 5) is 11.6. The molecule has 0 aliphatic carbocycles. The second kappa shape index (κ2) is 8.08. The van der Waals surface area contributed by atoms with Crippen LogP contribution >= 0.6 is 0 Å². The van der Waals surface area contributed by atoms with Crippen LogP contribution in [-0.2, 0) is 10.2 Å². The van der Waals surface area contributed by atoms with Gasteiger partial charge >= 0.3 is 0 Å². The number of ether oxygens (including phenoxy) is 1. The number of benzene rings is 1. The third-order valence-corrected chi connectivity index (χ3v) is 3.97. The summed E-state index contributed by atoms with van der Waals surface area (Å²) in [5.41, 5.74) is 0.624. The van der Waals surface area contributed by atoms with Crippen LogP contribution in [0.1, 0.15) is 65.4 Å². The topological polar surface area (TPSA) is 26.3 Å². The highest BCUT2D eigenvalue weighted by molar-refractivity contribution is 5.87. The van der Waals surface area contributed by atoms with Gasteiger partial charge in [0.2, 0.25) is 0 Å². The maximum absolute atomic E-state index is 11.6. The van der Waals surface area contributed by atoms with Crippen molar-refractivity contribution >= 4 is 5.78 Å². The predicted octanol–water partition coefficient (Wildman–Crippen LogP) is 4.90. The molecule has 0 radical (unpaired) electrons. The Balaban J connectivity index is 2.41. The predicted molar refractivity (Wildman–Crippen MR) is 84.4 cm³/mol. The zero-order valence-corrected chi connectivity index (χ0v) is 13.4. The molecule has 0 bridgehead atoms. The zero-order valence-electron chi connectivity index (χ0n) is 13.4. The molecule has 2 nitrogen and oxygen atoms in total. The largest absolute Gasteiger partial charge is 0.494 e. The summed E-state index contributed by atoms with van der Waals surface area (Å²) >= 11 is 0.